The number of benzene rings is 1. The molecule has 0 atom stereocenters. The van der Waals surface area contributed by atoms with Crippen LogP contribution in [0.1, 0.15) is 22.8 Å². The molecule has 0 aliphatic rings. The van der Waals surface area contributed by atoms with E-state index in [1.54, 1.807) is 30.3 Å². The molecule has 0 unspecified atom stereocenters. The summed E-state index contributed by atoms with van der Waals surface area (Å²) in [5.74, 6) is 0.553. The van der Waals surface area contributed by atoms with E-state index in [0.717, 1.165) is 12.2 Å². The quantitative estimate of drug-likeness (QED) is 0.927. The number of hydrogen-bond acceptors (Lipinski definition) is 3. The molecule has 0 bridgehead atoms. The smallest absolute Gasteiger partial charge is 0.261 e. The maximum Gasteiger partial charge on any atom is 0.261 e. The minimum atomic E-state index is -0.0714. The van der Waals surface area contributed by atoms with E-state index < -0.39 is 0 Å². The molecule has 0 saturated carbocycles. The number of amides is 1. The van der Waals surface area contributed by atoms with E-state index in [9.17, 15) is 4.79 Å². The zero-order valence-corrected chi connectivity index (χ0v) is 12.1. The second kappa shape index (κ2) is 6.19. The molecular formula is C16H19N3O. The van der Waals surface area contributed by atoms with Gasteiger partial charge < -0.3 is 10.2 Å². The fourth-order valence-corrected chi connectivity index (χ4v) is 1.95. The van der Waals surface area contributed by atoms with Gasteiger partial charge in [0.05, 0.1) is 5.56 Å². The molecule has 1 aromatic carbocycles. The van der Waals surface area contributed by atoms with Crippen molar-refractivity contribution in [1.82, 2.24) is 4.98 Å². The first kappa shape index (κ1) is 14.1. The summed E-state index contributed by atoms with van der Waals surface area (Å²) < 4.78 is 0. The van der Waals surface area contributed by atoms with Crippen LogP contribution in [0, 0.1) is 6.92 Å². The number of carbonyl (C=O) groups excluding carboxylic acids is 1. The van der Waals surface area contributed by atoms with E-state index in [0.29, 0.717) is 11.4 Å². The van der Waals surface area contributed by atoms with Crippen LogP contribution in [0.15, 0.2) is 42.6 Å². The maximum atomic E-state index is 12.6. The summed E-state index contributed by atoms with van der Waals surface area (Å²) in [5.41, 5.74) is 2.62. The van der Waals surface area contributed by atoms with Crippen molar-refractivity contribution < 1.29 is 4.79 Å². The molecule has 1 N–H and O–H groups in total. The van der Waals surface area contributed by atoms with E-state index >= 15 is 0 Å². The number of nitrogens with one attached hydrogen (secondary N) is 1. The molecule has 1 heterocycles. The minimum absolute atomic E-state index is 0.0714. The Hall–Kier alpha value is -2.36. The van der Waals surface area contributed by atoms with Crippen LogP contribution in [0.2, 0.25) is 0 Å². The van der Waals surface area contributed by atoms with Gasteiger partial charge in [0.1, 0.15) is 5.82 Å². The summed E-state index contributed by atoms with van der Waals surface area (Å²) in [7, 11) is 1.77. The molecule has 20 heavy (non-hydrogen) atoms. The van der Waals surface area contributed by atoms with Crippen LogP contribution in [-0.4, -0.2) is 24.5 Å². The Morgan fingerprint density at radius 1 is 1.25 bits per heavy atom. The van der Waals surface area contributed by atoms with Gasteiger partial charge in [-0.3, -0.25) is 4.79 Å². The van der Waals surface area contributed by atoms with E-state index in [2.05, 4.69) is 10.3 Å². The Kier molecular flexibility index (Phi) is 4.35. The standard InChI is InChI=1S/C16H19N3O/c1-4-17-15-14(6-5-11-18-15)16(20)19(3)13-9-7-12(2)8-10-13/h5-11H,4H2,1-3H3,(H,17,18). The Morgan fingerprint density at radius 3 is 2.60 bits per heavy atom. The molecular weight excluding hydrogens is 250 g/mol. The summed E-state index contributed by atoms with van der Waals surface area (Å²) in [5, 5.41) is 3.11. The fourth-order valence-electron chi connectivity index (χ4n) is 1.95. The van der Waals surface area contributed by atoms with Crippen molar-refractivity contribution in [2.75, 3.05) is 23.8 Å². The van der Waals surface area contributed by atoms with E-state index in [-0.39, 0.29) is 5.91 Å². The molecule has 4 heteroatoms. The van der Waals surface area contributed by atoms with E-state index in [4.69, 9.17) is 0 Å². The lowest BCUT2D eigenvalue weighted by Gasteiger charge is -2.19. The monoisotopic (exact) mass is 269 g/mol. The highest BCUT2D eigenvalue weighted by Crippen LogP contribution is 2.19. The van der Waals surface area contributed by atoms with Crippen molar-refractivity contribution >= 4 is 17.4 Å². The number of hydrogen-bond donors (Lipinski definition) is 1. The summed E-state index contributed by atoms with van der Waals surface area (Å²) in [6.45, 7) is 4.73. The number of pyridine rings is 1. The molecule has 2 aromatic rings. The average Bonchev–Trinajstić information content (AvgIpc) is 2.47. The van der Waals surface area contributed by atoms with Gasteiger partial charge in [-0.05, 0) is 38.1 Å². The third kappa shape index (κ3) is 2.96. The summed E-state index contributed by atoms with van der Waals surface area (Å²) in [4.78, 5) is 18.4. The SMILES string of the molecule is CCNc1ncccc1C(=O)N(C)c1ccc(C)cc1. The number of aryl methyl sites for hydroxylation is 1. The first-order valence-electron chi connectivity index (χ1n) is 6.67. The minimum Gasteiger partial charge on any atom is -0.370 e. The van der Waals surface area contributed by atoms with Crippen LogP contribution in [0.5, 0.6) is 0 Å². The topological polar surface area (TPSA) is 45.2 Å². The number of aromatic nitrogens is 1. The van der Waals surface area contributed by atoms with Gasteiger partial charge in [0.2, 0.25) is 0 Å². The van der Waals surface area contributed by atoms with Gasteiger partial charge in [-0.15, -0.1) is 0 Å². The Labute approximate surface area is 119 Å². The first-order chi connectivity index (χ1) is 9.63. The Balaban J connectivity index is 2.29. The second-order valence-corrected chi connectivity index (χ2v) is 4.63. The highest BCUT2D eigenvalue weighted by molar-refractivity contribution is 6.08. The third-order valence-electron chi connectivity index (χ3n) is 3.11. The molecule has 0 saturated heterocycles. The van der Waals surface area contributed by atoms with Crippen molar-refractivity contribution in [3.63, 3.8) is 0 Å². The largest absolute Gasteiger partial charge is 0.370 e. The molecule has 0 spiro atoms. The first-order valence-corrected chi connectivity index (χ1v) is 6.67. The molecule has 0 fully saturated rings. The van der Waals surface area contributed by atoms with Crippen LogP contribution in [0.4, 0.5) is 11.5 Å². The lowest BCUT2D eigenvalue weighted by Crippen LogP contribution is -2.27. The Bertz CT molecular complexity index is 593. The van der Waals surface area contributed by atoms with Crippen LogP contribution in [0.25, 0.3) is 0 Å². The zero-order chi connectivity index (χ0) is 14.5. The number of anilines is 2. The second-order valence-electron chi connectivity index (χ2n) is 4.63. The molecule has 4 nitrogen and oxygen atoms in total. The van der Waals surface area contributed by atoms with Crippen molar-refractivity contribution in [2.24, 2.45) is 0 Å². The van der Waals surface area contributed by atoms with Crippen molar-refractivity contribution in [1.29, 1.82) is 0 Å². The molecule has 1 amide bonds. The molecule has 104 valence electrons. The summed E-state index contributed by atoms with van der Waals surface area (Å²) >= 11 is 0. The molecule has 0 aliphatic carbocycles. The van der Waals surface area contributed by atoms with Crippen LogP contribution < -0.4 is 10.2 Å². The van der Waals surface area contributed by atoms with Crippen molar-refractivity contribution in [2.45, 2.75) is 13.8 Å². The van der Waals surface area contributed by atoms with Gasteiger partial charge in [0.15, 0.2) is 0 Å². The summed E-state index contributed by atoms with van der Waals surface area (Å²) in [6.07, 6.45) is 1.68. The van der Waals surface area contributed by atoms with Crippen LogP contribution in [-0.2, 0) is 0 Å². The van der Waals surface area contributed by atoms with Crippen molar-refractivity contribution in [3.8, 4) is 0 Å². The van der Waals surface area contributed by atoms with Gasteiger partial charge in [-0.25, -0.2) is 4.98 Å². The molecule has 1 aromatic heterocycles. The highest BCUT2D eigenvalue weighted by atomic mass is 16.2. The van der Waals surface area contributed by atoms with Gasteiger partial charge in [-0.2, -0.15) is 0 Å². The van der Waals surface area contributed by atoms with E-state index in [1.807, 2.05) is 38.1 Å². The normalized spacial score (nSPS) is 10.2. The third-order valence-corrected chi connectivity index (χ3v) is 3.11. The van der Waals surface area contributed by atoms with Gasteiger partial charge in [-0.1, -0.05) is 17.7 Å². The molecule has 0 radical (unpaired) electrons. The predicted octanol–water partition coefficient (Wildman–Crippen LogP) is 3.10. The average molecular weight is 269 g/mol. The van der Waals surface area contributed by atoms with E-state index in [1.165, 1.54) is 5.56 Å². The lowest BCUT2D eigenvalue weighted by molar-refractivity contribution is 0.0993. The van der Waals surface area contributed by atoms with Crippen LogP contribution in [0.3, 0.4) is 0 Å². The zero-order valence-electron chi connectivity index (χ0n) is 12.1. The molecule has 2 rings (SSSR count). The lowest BCUT2D eigenvalue weighted by atomic mass is 10.2. The van der Waals surface area contributed by atoms with Gasteiger partial charge in [0.25, 0.3) is 5.91 Å². The Morgan fingerprint density at radius 2 is 1.95 bits per heavy atom. The van der Waals surface area contributed by atoms with Crippen LogP contribution >= 0.6 is 0 Å². The predicted molar refractivity (Wildman–Crippen MR) is 82.3 cm³/mol. The maximum absolute atomic E-state index is 12.6. The van der Waals surface area contributed by atoms with Gasteiger partial charge >= 0.3 is 0 Å². The molecule has 0 aliphatic heterocycles. The number of carbonyl (C=O) groups is 1. The fraction of sp³-hybridized carbons (Fsp3) is 0.250. The highest BCUT2D eigenvalue weighted by Gasteiger charge is 2.17. The van der Waals surface area contributed by atoms with Crippen molar-refractivity contribution in [3.05, 3.63) is 53.7 Å². The number of nitrogens with zero attached hydrogens (tertiary/aromatic N) is 2. The van der Waals surface area contributed by atoms with Gasteiger partial charge in [0, 0.05) is 25.5 Å². The summed E-state index contributed by atoms with van der Waals surface area (Å²) in [6, 6.07) is 11.4. The number of rotatable bonds is 4.